The van der Waals surface area contributed by atoms with Gasteiger partial charge in [0, 0.05) is 13.1 Å². The highest BCUT2D eigenvalue weighted by molar-refractivity contribution is 7.89. The molecule has 2 aromatic rings. The van der Waals surface area contributed by atoms with Crippen molar-refractivity contribution in [1.82, 2.24) is 14.1 Å². The third-order valence-electron chi connectivity index (χ3n) is 4.02. The summed E-state index contributed by atoms with van der Waals surface area (Å²) in [7, 11) is -3.83. The number of nitrogens with zero attached hydrogens (tertiary/aromatic N) is 3. The number of hydrogen-bond acceptors (Lipinski definition) is 4. The molecule has 0 spiro atoms. The first-order valence-corrected chi connectivity index (χ1v) is 8.84. The summed E-state index contributed by atoms with van der Waals surface area (Å²) >= 11 is 0. The van der Waals surface area contributed by atoms with Gasteiger partial charge in [-0.3, -0.25) is 4.68 Å². The van der Waals surface area contributed by atoms with Gasteiger partial charge >= 0.3 is 0 Å². The van der Waals surface area contributed by atoms with Crippen LogP contribution in [0.5, 0.6) is 0 Å². The van der Waals surface area contributed by atoms with Crippen LogP contribution in [0.2, 0.25) is 0 Å². The number of hydrogen-bond donors (Lipinski definition) is 1. The lowest BCUT2D eigenvalue weighted by atomic mass is 10.0. The van der Waals surface area contributed by atoms with Crippen molar-refractivity contribution in [1.29, 1.82) is 0 Å². The van der Waals surface area contributed by atoms with E-state index in [1.54, 1.807) is 13.0 Å². The first-order chi connectivity index (χ1) is 10.9. The summed E-state index contributed by atoms with van der Waals surface area (Å²) in [6.45, 7) is 2.20. The van der Waals surface area contributed by atoms with E-state index in [0.29, 0.717) is 12.1 Å². The maximum Gasteiger partial charge on any atom is 0.260 e. The second-order valence-corrected chi connectivity index (χ2v) is 7.36. The SMILES string of the molecule is CCn1nccc1S(=O)(=O)N1C[C@@H](O)C[C@@H]1c1cccc(F)c1. The Labute approximate surface area is 134 Å². The van der Waals surface area contributed by atoms with Crippen LogP contribution in [0.3, 0.4) is 0 Å². The van der Waals surface area contributed by atoms with Gasteiger partial charge in [0.25, 0.3) is 10.0 Å². The fraction of sp³-hybridized carbons (Fsp3) is 0.400. The van der Waals surface area contributed by atoms with Crippen molar-refractivity contribution >= 4 is 10.0 Å². The predicted octanol–water partition coefficient (Wildman–Crippen LogP) is 1.54. The Bertz CT molecular complexity index is 806. The van der Waals surface area contributed by atoms with E-state index < -0.39 is 28.0 Å². The van der Waals surface area contributed by atoms with Gasteiger partial charge < -0.3 is 5.11 Å². The first-order valence-electron chi connectivity index (χ1n) is 7.40. The molecule has 0 bridgehead atoms. The fourth-order valence-corrected chi connectivity index (χ4v) is 4.79. The minimum Gasteiger partial charge on any atom is -0.392 e. The molecule has 1 aromatic carbocycles. The summed E-state index contributed by atoms with van der Waals surface area (Å²) in [4.78, 5) is 0. The highest BCUT2D eigenvalue weighted by Crippen LogP contribution is 2.36. The number of rotatable bonds is 4. The smallest absolute Gasteiger partial charge is 0.260 e. The molecule has 6 nitrogen and oxygen atoms in total. The summed E-state index contributed by atoms with van der Waals surface area (Å²) in [5.41, 5.74) is 0.535. The van der Waals surface area contributed by atoms with Gasteiger partial charge in [-0.05, 0) is 37.1 Å². The summed E-state index contributed by atoms with van der Waals surface area (Å²) in [5.74, 6) is -0.431. The summed E-state index contributed by atoms with van der Waals surface area (Å²) in [5, 5.41) is 14.0. The molecular formula is C15H18FN3O3S. The molecule has 1 aliphatic rings. The normalized spacial score (nSPS) is 22.6. The number of sulfonamides is 1. The van der Waals surface area contributed by atoms with Crippen LogP contribution < -0.4 is 0 Å². The molecule has 0 aliphatic carbocycles. The van der Waals surface area contributed by atoms with Crippen molar-refractivity contribution in [2.75, 3.05) is 6.54 Å². The molecule has 1 N–H and O–H groups in total. The molecule has 1 fully saturated rings. The number of β-amino-alcohol motifs (C(OH)–C–C–N with tert-alkyl or cyclic N) is 1. The maximum absolute atomic E-state index is 13.5. The number of benzene rings is 1. The molecule has 0 saturated carbocycles. The third kappa shape index (κ3) is 2.89. The Morgan fingerprint density at radius 2 is 2.17 bits per heavy atom. The Morgan fingerprint density at radius 3 is 2.87 bits per heavy atom. The standard InChI is InChI=1S/C15H18FN3O3S/c1-2-18-15(6-7-17-18)23(21,22)19-10-13(20)9-14(19)11-4-3-5-12(16)8-11/h3-8,13-14,20H,2,9-10H2,1H3/t13-,14+/m0/s1. The second-order valence-electron chi connectivity index (χ2n) is 5.52. The van der Waals surface area contributed by atoms with Crippen LogP contribution in [0.4, 0.5) is 4.39 Å². The molecule has 0 radical (unpaired) electrons. The maximum atomic E-state index is 13.5. The van der Waals surface area contributed by atoms with Gasteiger partial charge in [-0.25, -0.2) is 12.8 Å². The van der Waals surface area contributed by atoms with Gasteiger partial charge in [0.15, 0.2) is 5.03 Å². The molecule has 23 heavy (non-hydrogen) atoms. The van der Waals surface area contributed by atoms with Crippen molar-refractivity contribution in [3.63, 3.8) is 0 Å². The molecule has 1 saturated heterocycles. The largest absolute Gasteiger partial charge is 0.392 e. The van der Waals surface area contributed by atoms with Crippen molar-refractivity contribution < 1.29 is 17.9 Å². The number of aryl methyl sites for hydroxylation is 1. The lowest BCUT2D eigenvalue weighted by Crippen LogP contribution is -2.33. The molecule has 3 rings (SSSR count). The molecule has 1 aliphatic heterocycles. The van der Waals surface area contributed by atoms with Crippen molar-refractivity contribution in [2.24, 2.45) is 0 Å². The summed E-state index contributed by atoms with van der Waals surface area (Å²) in [6.07, 6.45) is 0.888. The molecule has 2 heterocycles. The minimum absolute atomic E-state index is 0.0155. The zero-order valence-electron chi connectivity index (χ0n) is 12.6. The van der Waals surface area contributed by atoms with Crippen molar-refractivity contribution in [3.05, 3.63) is 47.9 Å². The van der Waals surface area contributed by atoms with E-state index in [4.69, 9.17) is 0 Å². The minimum atomic E-state index is -3.83. The number of aliphatic hydroxyl groups excluding tert-OH is 1. The third-order valence-corrected chi connectivity index (χ3v) is 5.91. The zero-order chi connectivity index (χ0) is 16.6. The van der Waals surface area contributed by atoms with Crippen molar-refractivity contribution in [3.8, 4) is 0 Å². The van der Waals surface area contributed by atoms with Crippen LogP contribution in [0.15, 0.2) is 41.6 Å². The Morgan fingerprint density at radius 1 is 1.39 bits per heavy atom. The molecule has 124 valence electrons. The van der Waals surface area contributed by atoms with E-state index in [9.17, 15) is 17.9 Å². The van der Waals surface area contributed by atoms with Crippen LogP contribution >= 0.6 is 0 Å². The van der Waals surface area contributed by atoms with Gasteiger partial charge in [-0.1, -0.05) is 12.1 Å². The Balaban J connectivity index is 2.02. The van der Waals surface area contributed by atoms with Crippen LogP contribution in [0.25, 0.3) is 0 Å². The molecule has 2 atom stereocenters. The topological polar surface area (TPSA) is 75.4 Å². The monoisotopic (exact) mass is 339 g/mol. The average Bonchev–Trinajstić information content (AvgIpc) is 3.13. The summed E-state index contributed by atoms with van der Waals surface area (Å²) in [6, 6.07) is 6.67. The van der Waals surface area contributed by atoms with Crippen LogP contribution in [0, 0.1) is 5.82 Å². The van der Waals surface area contributed by atoms with E-state index in [0.717, 1.165) is 0 Å². The zero-order valence-corrected chi connectivity index (χ0v) is 13.4. The molecular weight excluding hydrogens is 321 g/mol. The van der Waals surface area contributed by atoms with Crippen LogP contribution in [-0.4, -0.2) is 40.3 Å². The molecule has 0 unspecified atom stereocenters. The van der Waals surface area contributed by atoms with E-state index in [1.807, 2.05) is 0 Å². The average molecular weight is 339 g/mol. The molecule has 1 aromatic heterocycles. The van der Waals surface area contributed by atoms with Crippen LogP contribution in [0.1, 0.15) is 24.9 Å². The Hall–Kier alpha value is -1.77. The van der Waals surface area contributed by atoms with Gasteiger partial charge in [0.1, 0.15) is 5.82 Å². The fourth-order valence-electron chi connectivity index (χ4n) is 2.96. The van der Waals surface area contributed by atoms with E-state index in [2.05, 4.69) is 5.10 Å². The molecule has 8 heteroatoms. The van der Waals surface area contributed by atoms with Gasteiger partial charge in [-0.2, -0.15) is 9.40 Å². The van der Waals surface area contributed by atoms with E-state index >= 15 is 0 Å². The lowest BCUT2D eigenvalue weighted by molar-refractivity contribution is 0.188. The van der Waals surface area contributed by atoms with Crippen LogP contribution in [-0.2, 0) is 16.6 Å². The summed E-state index contributed by atoms with van der Waals surface area (Å²) < 4.78 is 42.0. The van der Waals surface area contributed by atoms with Crippen molar-refractivity contribution in [2.45, 2.75) is 37.1 Å². The van der Waals surface area contributed by atoms with E-state index in [1.165, 1.54) is 39.4 Å². The quantitative estimate of drug-likeness (QED) is 0.917. The number of aliphatic hydroxyl groups is 1. The highest BCUT2D eigenvalue weighted by atomic mass is 32.2. The van der Waals surface area contributed by atoms with Gasteiger partial charge in [0.05, 0.1) is 18.3 Å². The first kappa shape index (κ1) is 16.1. The number of halogens is 1. The Kier molecular flexibility index (Phi) is 4.22. The second kappa shape index (κ2) is 6.03. The lowest BCUT2D eigenvalue weighted by Gasteiger charge is -2.24. The van der Waals surface area contributed by atoms with E-state index in [-0.39, 0.29) is 18.0 Å². The molecule has 0 amide bonds. The van der Waals surface area contributed by atoms with Gasteiger partial charge in [-0.15, -0.1) is 0 Å². The highest BCUT2D eigenvalue weighted by Gasteiger charge is 2.41. The van der Waals surface area contributed by atoms with Gasteiger partial charge in [0.2, 0.25) is 0 Å². The number of aromatic nitrogens is 2. The predicted molar refractivity (Wildman–Crippen MR) is 81.6 cm³/mol.